The average Bonchev–Trinajstić information content (AvgIpc) is 2.89. The fourth-order valence-corrected chi connectivity index (χ4v) is 2.27. The highest BCUT2D eigenvalue weighted by atomic mass is 32.1. The van der Waals surface area contributed by atoms with Crippen molar-refractivity contribution in [1.29, 1.82) is 0 Å². The normalized spacial score (nSPS) is 11.9. The van der Waals surface area contributed by atoms with Crippen LogP contribution in [0.15, 0.2) is 29.6 Å². The minimum Gasteiger partial charge on any atom is -0.448 e. The number of nitrogens with two attached hydrogens (primary N) is 1. The molecule has 104 valence electrons. The topological polar surface area (TPSA) is 82.3 Å². The number of amides is 1. The van der Waals surface area contributed by atoms with Crippen LogP contribution in [0.25, 0.3) is 10.6 Å². The second-order valence-electron chi connectivity index (χ2n) is 4.35. The third-order valence-corrected chi connectivity index (χ3v) is 3.59. The van der Waals surface area contributed by atoms with Crippen molar-refractivity contribution in [1.82, 2.24) is 4.98 Å². The molecular formula is C14H14N2O3S. The molecule has 0 aliphatic carbocycles. The summed E-state index contributed by atoms with van der Waals surface area (Å²) in [6.45, 7) is 3.42. The predicted octanol–water partition coefficient (Wildman–Crippen LogP) is 2.15. The maximum atomic E-state index is 11.8. The van der Waals surface area contributed by atoms with Crippen LogP contribution in [0.1, 0.15) is 23.0 Å². The Morgan fingerprint density at radius 2 is 1.95 bits per heavy atom. The lowest BCUT2D eigenvalue weighted by atomic mass is 10.2. The largest absolute Gasteiger partial charge is 0.448 e. The van der Waals surface area contributed by atoms with Gasteiger partial charge in [-0.05, 0) is 13.8 Å². The van der Waals surface area contributed by atoms with Gasteiger partial charge in [0.25, 0.3) is 5.91 Å². The van der Waals surface area contributed by atoms with Crippen LogP contribution in [-0.2, 0) is 9.53 Å². The van der Waals surface area contributed by atoms with Crippen molar-refractivity contribution in [3.63, 3.8) is 0 Å². The van der Waals surface area contributed by atoms with Crippen molar-refractivity contribution in [3.05, 3.63) is 40.9 Å². The lowest BCUT2D eigenvalue weighted by Gasteiger charge is -2.07. The van der Waals surface area contributed by atoms with Crippen molar-refractivity contribution >= 4 is 23.2 Å². The maximum Gasteiger partial charge on any atom is 0.358 e. The quantitative estimate of drug-likeness (QED) is 0.875. The highest BCUT2D eigenvalue weighted by Gasteiger charge is 2.18. The molecule has 1 atom stereocenters. The standard InChI is InChI=1S/C14H14N2O3S/c1-8-3-5-10(6-4-8)13-16-11(7-20-13)14(18)19-9(2)12(15)17/h3-7,9H,1-2H3,(H2,15,17). The van der Waals surface area contributed by atoms with E-state index in [2.05, 4.69) is 4.98 Å². The zero-order valence-electron chi connectivity index (χ0n) is 11.1. The predicted molar refractivity (Wildman–Crippen MR) is 76.4 cm³/mol. The second kappa shape index (κ2) is 5.83. The number of aromatic nitrogens is 1. The third kappa shape index (κ3) is 3.21. The van der Waals surface area contributed by atoms with E-state index in [-0.39, 0.29) is 5.69 Å². The summed E-state index contributed by atoms with van der Waals surface area (Å²) in [6, 6.07) is 7.83. The molecule has 2 N–H and O–H groups in total. The lowest BCUT2D eigenvalue weighted by molar-refractivity contribution is -0.125. The molecule has 1 aromatic carbocycles. The number of benzene rings is 1. The van der Waals surface area contributed by atoms with E-state index in [1.54, 1.807) is 5.38 Å². The van der Waals surface area contributed by atoms with E-state index in [9.17, 15) is 9.59 Å². The van der Waals surface area contributed by atoms with E-state index in [0.717, 1.165) is 16.1 Å². The molecule has 0 aliphatic rings. The summed E-state index contributed by atoms with van der Waals surface area (Å²) in [6.07, 6.45) is -0.966. The van der Waals surface area contributed by atoms with E-state index >= 15 is 0 Å². The summed E-state index contributed by atoms with van der Waals surface area (Å²) >= 11 is 1.34. The summed E-state index contributed by atoms with van der Waals surface area (Å²) in [5.74, 6) is -1.33. The van der Waals surface area contributed by atoms with Gasteiger partial charge in [-0.25, -0.2) is 9.78 Å². The van der Waals surface area contributed by atoms with Gasteiger partial charge < -0.3 is 10.5 Å². The highest BCUT2D eigenvalue weighted by Crippen LogP contribution is 2.24. The monoisotopic (exact) mass is 290 g/mol. The first-order chi connectivity index (χ1) is 9.47. The number of nitrogens with zero attached hydrogens (tertiary/aromatic N) is 1. The number of hydrogen-bond donors (Lipinski definition) is 1. The Kier molecular flexibility index (Phi) is 4.14. The highest BCUT2D eigenvalue weighted by molar-refractivity contribution is 7.13. The maximum absolute atomic E-state index is 11.8. The molecule has 20 heavy (non-hydrogen) atoms. The van der Waals surface area contributed by atoms with Crippen molar-refractivity contribution in [2.24, 2.45) is 5.73 Å². The van der Waals surface area contributed by atoms with E-state index in [4.69, 9.17) is 10.5 Å². The first-order valence-electron chi connectivity index (χ1n) is 6.00. The van der Waals surface area contributed by atoms with Crippen LogP contribution in [0.3, 0.4) is 0 Å². The molecular weight excluding hydrogens is 276 g/mol. The molecule has 2 rings (SSSR count). The zero-order valence-corrected chi connectivity index (χ0v) is 11.9. The molecule has 0 bridgehead atoms. The molecule has 1 aromatic heterocycles. The molecule has 0 spiro atoms. The summed E-state index contributed by atoms with van der Waals surface area (Å²) < 4.78 is 4.90. The van der Waals surface area contributed by atoms with Gasteiger partial charge in [-0.2, -0.15) is 0 Å². The molecule has 0 saturated heterocycles. The summed E-state index contributed by atoms with van der Waals surface area (Å²) in [4.78, 5) is 26.8. The second-order valence-corrected chi connectivity index (χ2v) is 5.21. The van der Waals surface area contributed by atoms with Gasteiger partial charge in [-0.3, -0.25) is 4.79 Å². The van der Waals surface area contributed by atoms with Gasteiger partial charge in [-0.1, -0.05) is 29.8 Å². The lowest BCUT2D eigenvalue weighted by Crippen LogP contribution is -2.30. The first kappa shape index (κ1) is 14.2. The van der Waals surface area contributed by atoms with Crippen LogP contribution in [0.2, 0.25) is 0 Å². The molecule has 0 fully saturated rings. The molecule has 1 heterocycles. The van der Waals surface area contributed by atoms with Crippen molar-refractivity contribution in [3.8, 4) is 10.6 Å². The zero-order chi connectivity index (χ0) is 14.7. The Morgan fingerprint density at radius 3 is 2.55 bits per heavy atom. The van der Waals surface area contributed by atoms with Gasteiger partial charge in [0.15, 0.2) is 11.8 Å². The molecule has 1 unspecified atom stereocenters. The Labute approximate surface area is 120 Å². The van der Waals surface area contributed by atoms with Gasteiger partial charge >= 0.3 is 5.97 Å². The summed E-state index contributed by atoms with van der Waals surface area (Å²) in [5.41, 5.74) is 7.30. The number of aryl methyl sites for hydroxylation is 1. The number of carbonyl (C=O) groups is 2. The van der Waals surface area contributed by atoms with Gasteiger partial charge in [0.2, 0.25) is 0 Å². The fraction of sp³-hybridized carbons (Fsp3) is 0.214. The van der Waals surface area contributed by atoms with Crippen LogP contribution in [0.4, 0.5) is 0 Å². The van der Waals surface area contributed by atoms with Gasteiger partial charge in [0.05, 0.1) is 0 Å². The molecule has 5 nitrogen and oxygen atoms in total. The van der Waals surface area contributed by atoms with E-state index < -0.39 is 18.0 Å². The van der Waals surface area contributed by atoms with Crippen LogP contribution >= 0.6 is 11.3 Å². The van der Waals surface area contributed by atoms with Crippen LogP contribution in [-0.4, -0.2) is 23.0 Å². The Bertz CT molecular complexity index is 634. The number of carbonyl (C=O) groups excluding carboxylic acids is 2. The van der Waals surface area contributed by atoms with Gasteiger partial charge in [0.1, 0.15) is 5.01 Å². The van der Waals surface area contributed by atoms with Crippen molar-refractivity contribution in [2.75, 3.05) is 0 Å². The average molecular weight is 290 g/mol. The molecule has 6 heteroatoms. The van der Waals surface area contributed by atoms with E-state index in [0.29, 0.717) is 0 Å². The summed E-state index contributed by atoms with van der Waals surface area (Å²) in [7, 11) is 0. The van der Waals surface area contributed by atoms with Crippen LogP contribution in [0, 0.1) is 6.92 Å². The molecule has 1 amide bonds. The molecule has 0 aliphatic heterocycles. The Balaban J connectivity index is 2.14. The van der Waals surface area contributed by atoms with E-state index in [1.165, 1.54) is 18.3 Å². The van der Waals surface area contributed by atoms with Gasteiger partial charge in [0, 0.05) is 10.9 Å². The molecule has 2 aromatic rings. The van der Waals surface area contributed by atoms with Crippen molar-refractivity contribution in [2.45, 2.75) is 20.0 Å². The first-order valence-corrected chi connectivity index (χ1v) is 6.88. The Hall–Kier alpha value is -2.21. The summed E-state index contributed by atoms with van der Waals surface area (Å²) in [5, 5.41) is 2.33. The van der Waals surface area contributed by atoms with Crippen LogP contribution < -0.4 is 5.73 Å². The van der Waals surface area contributed by atoms with Crippen molar-refractivity contribution < 1.29 is 14.3 Å². The number of esters is 1. The number of thiazole rings is 1. The smallest absolute Gasteiger partial charge is 0.358 e. The Morgan fingerprint density at radius 1 is 1.30 bits per heavy atom. The molecule has 0 saturated carbocycles. The number of rotatable bonds is 4. The number of primary amides is 1. The minimum absolute atomic E-state index is 0.179. The van der Waals surface area contributed by atoms with Crippen LogP contribution in [0.5, 0.6) is 0 Å². The third-order valence-electron chi connectivity index (χ3n) is 2.70. The fourth-order valence-electron chi connectivity index (χ4n) is 1.48. The van der Waals surface area contributed by atoms with E-state index in [1.807, 2.05) is 31.2 Å². The number of ether oxygens (including phenoxy) is 1. The number of hydrogen-bond acceptors (Lipinski definition) is 5. The molecule has 0 radical (unpaired) electrons. The van der Waals surface area contributed by atoms with Gasteiger partial charge in [-0.15, -0.1) is 11.3 Å². The minimum atomic E-state index is -0.966. The SMILES string of the molecule is Cc1ccc(-c2nc(C(=O)OC(C)C(N)=O)cs2)cc1.